The number of ether oxygens (including phenoxy) is 1. The molecule has 0 bridgehead atoms. The van der Waals surface area contributed by atoms with Crippen molar-refractivity contribution >= 4 is 17.4 Å². The maximum absolute atomic E-state index is 14.5. The summed E-state index contributed by atoms with van der Waals surface area (Å²) in [6, 6.07) is 4.14. The number of nitrogens with zero attached hydrogens (tertiary/aromatic N) is 6. The minimum atomic E-state index is -0.188. The van der Waals surface area contributed by atoms with E-state index in [0.29, 0.717) is 56.9 Å². The number of rotatable bonds is 6. The summed E-state index contributed by atoms with van der Waals surface area (Å²) in [6.45, 7) is 13.1. The predicted molar refractivity (Wildman–Crippen MR) is 143 cm³/mol. The fourth-order valence-corrected chi connectivity index (χ4v) is 5.83. The van der Waals surface area contributed by atoms with Crippen molar-refractivity contribution in [3.05, 3.63) is 53.0 Å². The van der Waals surface area contributed by atoms with E-state index >= 15 is 0 Å². The number of fused-ring (bicyclic) bond motifs is 1. The van der Waals surface area contributed by atoms with Crippen LogP contribution in [0.3, 0.4) is 0 Å². The van der Waals surface area contributed by atoms with Gasteiger partial charge < -0.3 is 24.3 Å². The van der Waals surface area contributed by atoms with Crippen LogP contribution in [0.2, 0.25) is 0 Å². The van der Waals surface area contributed by atoms with Crippen molar-refractivity contribution in [3.63, 3.8) is 0 Å². The van der Waals surface area contributed by atoms with Crippen molar-refractivity contribution in [2.75, 3.05) is 62.7 Å². The highest BCUT2D eigenvalue weighted by atomic mass is 19.1. The van der Waals surface area contributed by atoms with Crippen molar-refractivity contribution in [1.82, 2.24) is 19.8 Å². The Balaban J connectivity index is 1.44. The molecule has 4 heterocycles. The Morgan fingerprint density at radius 1 is 1.14 bits per heavy atom. The highest BCUT2D eigenvalue weighted by Crippen LogP contribution is 2.34. The number of aromatic nitrogens is 2. The van der Waals surface area contributed by atoms with Gasteiger partial charge in [0.05, 0.1) is 12.2 Å². The molecule has 1 atom stereocenters. The number of carbonyl (C=O) groups is 1. The van der Waals surface area contributed by atoms with Crippen LogP contribution in [0.25, 0.3) is 0 Å². The second kappa shape index (κ2) is 10.7. The number of benzene rings is 1. The summed E-state index contributed by atoms with van der Waals surface area (Å²) in [5.74, 6) is 0.676. The van der Waals surface area contributed by atoms with E-state index in [4.69, 9.17) is 14.7 Å². The Bertz CT molecular complexity index is 1180. The molecule has 1 aromatic heterocycles. The average molecular weight is 509 g/mol. The van der Waals surface area contributed by atoms with Gasteiger partial charge in [0.15, 0.2) is 0 Å². The average Bonchev–Trinajstić information content (AvgIpc) is 3.33. The van der Waals surface area contributed by atoms with Crippen LogP contribution in [-0.2, 0) is 17.8 Å². The van der Waals surface area contributed by atoms with E-state index in [9.17, 15) is 9.18 Å². The largest absolute Gasteiger partial charge is 0.462 e. The predicted octanol–water partition coefficient (Wildman–Crippen LogP) is 3.10. The van der Waals surface area contributed by atoms with Crippen LogP contribution < -0.4 is 14.5 Å². The summed E-state index contributed by atoms with van der Waals surface area (Å²) in [5, 5.41) is 0. The molecule has 8 nitrogen and oxygen atoms in total. The van der Waals surface area contributed by atoms with Crippen molar-refractivity contribution in [3.8, 4) is 6.01 Å². The molecule has 1 aromatic carbocycles. The number of halogens is 1. The summed E-state index contributed by atoms with van der Waals surface area (Å²) >= 11 is 0. The van der Waals surface area contributed by atoms with Crippen molar-refractivity contribution in [2.24, 2.45) is 0 Å². The molecule has 0 aliphatic carbocycles. The summed E-state index contributed by atoms with van der Waals surface area (Å²) in [6.07, 6.45) is 4.42. The maximum Gasteiger partial charge on any atom is 0.318 e. The topological polar surface area (TPSA) is 65.0 Å². The second-order valence-electron chi connectivity index (χ2n) is 10.4. The van der Waals surface area contributed by atoms with Crippen molar-refractivity contribution in [1.29, 1.82) is 0 Å². The zero-order chi connectivity index (χ0) is 26.1. The Labute approximate surface area is 218 Å². The maximum atomic E-state index is 14.5. The first-order valence-corrected chi connectivity index (χ1v) is 13.3. The molecular weight excluding hydrogens is 471 g/mol. The number of likely N-dealkylation sites (N-methyl/N-ethyl adjacent to an activating group) is 1. The Morgan fingerprint density at radius 2 is 1.92 bits per heavy atom. The van der Waals surface area contributed by atoms with E-state index < -0.39 is 0 Å². The van der Waals surface area contributed by atoms with Crippen molar-refractivity contribution < 1.29 is 13.9 Å². The molecular formula is C28H37FN6O2. The number of carbonyl (C=O) groups excluding carboxylic acids is 1. The molecule has 2 fully saturated rings. The Morgan fingerprint density at radius 3 is 2.62 bits per heavy atom. The number of hydrogen-bond donors (Lipinski definition) is 0. The van der Waals surface area contributed by atoms with E-state index in [2.05, 4.69) is 28.3 Å². The van der Waals surface area contributed by atoms with Crippen LogP contribution in [-0.4, -0.2) is 84.6 Å². The zero-order valence-electron chi connectivity index (χ0n) is 22.2. The third-order valence-electron chi connectivity index (χ3n) is 8.05. The summed E-state index contributed by atoms with van der Waals surface area (Å²) < 4.78 is 20.7. The van der Waals surface area contributed by atoms with E-state index in [1.807, 2.05) is 24.8 Å². The lowest BCUT2D eigenvalue weighted by molar-refractivity contribution is -0.126. The molecule has 198 valence electrons. The van der Waals surface area contributed by atoms with E-state index in [-0.39, 0.29) is 11.7 Å². The molecule has 2 saturated heterocycles. The van der Waals surface area contributed by atoms with Gasteiger partial charge in [-0.05, 0) is 64.4 Å². The van der Waals surface area contributed by atoms with Gasteiger partial charge in [0.25, 0.3) is 0 Å². The Hall–Kier alpha value is -3.20. The van der Waals surface area contributed by atoms with Gasteiger partial charge in [0.1, 0.15) is 18.2 Å². The van der Waals surface area contributed by atoms with Gasteiger partial charge in [-0.25, -0.2) is 4.39 Å². The van der Waals surface area contributed by atoms with Gasteiger partial charge in [0.2, 0.25) is 5.91 Å². The monoisotopic (exact) mass is 508 g/mol. The van der Waals surface area contributed by atoms with E-state index in [1.165, 1.54) is 18.6 Å². The van der Waals surface area contributed by atoms with Crippen LogP contribution in [0, 0.1) is 19.7 Å². The van der Waals surface area contributed by atoms with E-state index in [1.54, 1.807) is 0 Å². The molecule has 3 aliphatic heterocycles. The molecule has 0 radical (unpaired) electrons. The fourth-order valence-electron chi connectivity index (χ4n) is 5.83. The normalized spacial score (nSPS) is 20.2. The molecule has 2 aromatic rings. The molecule has 9 heteroatoms. The molecule has 1 amide bonds. The quantitative estimate of drug-likeness (QED) is 0.556. The van der Waals surface area contributed by atoms with Gasteiger partial charge in [-0.1, -0.05) is 12.6 Å². The number of piperazine rings is 1. The first-order chi connectivity index (χ1) is 17.9. The summed E-state index contributed by atoms with van der Waals surface area (Å²) in [5.41, 5.74) is 4.72. The van der Waals surface area contributed by atoms with Crippen LogP contribution in [0.15, 0.2) is 24.8 Å². The minimum absolute atomic E-state index is 0.0365. The second-order valence-corrected chi connectivity index (χ2v) is 10.4. The fraction of sp³-hybridized carbons (Fsp3) is 0.536. The summed E-state index contributed by atoms with van der Waals surface area (Å²) in [7, 11) is 2.13. The molecule has 0 unspecified atom stereocenters. The number of likely N-dealkylation sites (tertiary alicyclic amines) is 1. The highest BCUT2D eigenvalue weighted by molar-refractivity contribution is 5.87. The van der Waals surface area contributed by atoms with Crippen LogP contribution in [0.5, 0.6) is 6.01 Å². The summed E-state index contributed by atoms with van der Waals surface area (Å²) in [4.78, 5) is 30.5. The number of aryl methyl sites for hydroxylation is 1. The number of amides is 1. The lowest BCUT2D eigenvalue weighted by Gasteiger charge is -2.38. The van der Waals surface area contributed by atoms with Gasteiger partial charge in [-0.3, -0.25) is 4.79 Å². The smallest absolute Gasteiger partial charge is 0.318 e. The lowest BCUT2D eigenvalue weighted by Crippen LogP contribution is -2.49. The first kappa shape index (κ1) is 25.4. The SMILES string of the molecule is C=CC(=O)N1CCN(c2nc(OC[C@@H]3CCCN3C)nc3c2CCN(c2c(C)ccc(F)c2C)C3)CC1. The van der Waals surface area contributed by atoms with Gasteiger partial charge >= 0.3 is 6.01 Å². The first-order valence-electron chi connectivity index (χ1n) is 13.3. The molecule has 3 aliphatic rings. The van der Waals surface area contributed by atoms with Crippen molar-refractivity contribution in [2.45, 2.75) is 45.7 Å². The molecule has 5 rings (SSSR count). The molecule has 0 N–H and O–H groups in total. The Kier molecular flexibility index (Phi) is 7.33. The zero-order valence-corrected chi connectivity index (χ0v) is 22.2. The van der Waals surface area contributed by atoms with Crippen LogP contribution in [0.1, 0.15) is 35.2 Å². The number of anilines is 2. The molecule has 37 heavy (non-hydrogen) atoms. The van der Waals surface area contributed by atoms with Gasteiger partial charge in [-0.15, -0.1) is 0 Å². The third-order valence-corrected chi connectivity index (χ3v) is 8.05. The minimum Gasteiger partial charge on any atom is -0.462 e. The van der Waals surface area contributed by atoms with E-state index in [0.717, 1.165) is 54.3 Å². The highest BCUT2D eigenvalue weighted by Gasteiger charge is 2.30. The molecule has 0 saturated carbocycles. The van der Waals surface area contributed by atoms with Gasteiger partial charge in [-0.2, -0.15) is 9.97 Å². The lowest BCUT2D eigenvalue weighted by atomic mass is 10.0. The number of hydrogen-bond acceptors (Lipinski definition) is 7. The molecule has 0 spiro atoms. The van der Waals surface area contributed by atoms with Crippen LogP contribution >= 0.6 is 0 Å². The third kappa shape index (κ3) is 5.14. The standard InChI is InChI=1S/C28H37FN6O2/c1-5-25(36)33-13-15-34(16-14-33)27-22-10-12-35(26-19(2)8-9-23(29)20(26)3)17-24(22)30-28(31-27)37-18-21-7-6-11-32(21)4/h5,8-9,21H,1,6-7,10-18H2,2-4H3/t21-/m0/s1. The van der Waals surface area contributed by atoms with Crippen LogP contribution in [0.4, 0.5) is 15.9 Å². The van der Waals surface area contributed by atoms with Gasteiger partial charge in [0, 0.05) is 55.6 Å².